The van der Waals surface area contributed by atoms with Crippen molar-refractivity contribution in [1.82, 2.24) is 30.2 Å². The number of piperidine rings is 1. The number of nitrogens with two attached hydrogens (primary N) is 1. The van der Waals surface area contributed by atoms with Crippen molar-refractivity contribution in [3.8, 4) is 22.6 Å². The molecule has 4 N–H and O–H groups in total. The van der Waals surface area contributed by atoms with Gasteiger partial charge in [-0.15, -0.1) is 0 Å². The second-order valence-electron chi connectivity index (χ2n) is 19.5. The van der Waals surface area contributed by atoms with E-state index in [0.717, 1.165) is 87.7 Å². The number of anilines is 1. The zero-order chi connectivity index (χ0) is 48.3. The normalized spacial score (nSPS) is 23.4. The first-order chi connectivity index (χ1) is 33.2. The highest BCUT2D eigenvalue weighted by atomic mass is 35.5. The Hall–Kier alpha value is -6.10. The maximum atomic E-state index is 16.2. The van der Waals surface area contributed by atoms with E-state index in [0.29, 0.717) is 36.3 Å². The molecule has 5 amide bonds. The van der Waals surface area contributed by atoms with Gasteiger partial charge in [-0.1, -0.05) is 54.9 Å². The van der Waals surface area contributed by atoms with Gasteiger partial charge in [-0.05, 0) is 79.8 Å². The summed E-state index contributed by atoms with van der Waals surface area (Å²) in [5, 5.41) is 11.3. The van der Waals surface area contributed by atoms with Crippen molar-refractivity contribution in [2.75, 3.05) is 57.8 Å². The number of primary amides is 1. The Labute approximate surface area is 404 Å². The minimum Gasteiger partial charge on any atom is -0.494 e. The number of carbonyl (C=O) groups is 4. The number of amides is 5. The summed E-state index contributed by atoms with van der Waals surface area (Å²) < 4.78 is 45.9. The number of carbonyl (C=O) groups excluding carboxylic acids is 4. The first-order valence-corrected chi connectivity index (χ1v) is 24.4. The summed E-state index contributed by atoms with van der Waals surface area (Å²) >= 11 is 6.70. The molecule has 0 spiro atoms. The average molecular weight is 964 g/mol. The number of benzene rings is 4. The minimum absolute atomic E-state index is 0.000887. The molecule has 1 saturated carbocycles. The van der Waals surface area contributed by atoms with Crippen LogP contribution in [0.5, 0.6) is 11.5 Å². The Bertz CT molecular complexity index is 2840. The van der Waals surface area contributed by atoms with E-state index in [1.54, 1.807) is 4.68 Å². The van der Waals surface area contributed by atoms with Crippen LogP contribution in [0.4, 0.5) is 19.4 Å². The van der Waals surface area contributed by atoms with Crippen LogP contribution in [0.1, 0.15) is 90.8 Å². The Balaban J connectivity index is 0.735. The van der Waals surface area contributed by atoms with Gasteiger partial charge in [0.2, 0.25) is 17.7 Å². The number of hydrogen-bond acceptors (Lipinski definition) is 9. The fourth-order valence-electron chi connectivity index (χ4n) is 11.6. The second-order valence-corrected chi connectivity index (χ2v) is 19.9. The van der Waals surface area contributed by atoms with Crippen molar-refractivity contribution in [3.05, 3.63) is 106 Å². The number of halogens is 3. The van der Waals surface area contributed by atoms with Crippen LogP contribution in [-0.2, 0) is 22.2 Å². The maximum Gasteiger partial charge on any atom is 0.329 e. The summed E-state index contributed by atoms with van der Waals surface area (Å²) in [5.41, 5.74) is 7.76. The summed E-state index contributed by atoms with van der Waals surface area (Å²) in [6.07, 6.45) is 5.33. The minimum atomic E-state index is -1.07. The predicted octanol–water partition coefficient (Wildman–Crippen LogP) is 7.60. The average Bonchev–Trinajstić information content (AvgIpc) is 3.81. The molecule has 1 aromatic heterocycles. The van der Waals surface area contributed by atoms with Gasteiger partial charge in [-0.2, -0.15) is 5.10 Å². The highest BCUT2D eigenvalue weighted by molar-refractivity contribution is 6.34. The lowest BCUT2D eigenvalue weighted by atomic mass is 9.77. The highest BCUT2D eigenvalue weighted by Gasteiger charge is 2.50. The van der Waals surface area contributed by atoms with E-state index in [1.165, 1.54) is 35.8 Å². The van der Waals surface area contributed by atoms with Crippen molar-refractivity contribution < 1.29 is 37.4 Å². The van der Waals surface area contributed by atoms with Crippen molar-refractivity contribution in [1.29, 1.82) is 0 Å². The standard InChI is InChI=1S/C52H57ClF2N8O6/c1-29-43-41(24-38(54)46(53)45(43)44-37(48(56)65)15-16-40(68-3)47(44)55)69-52(29,34-7-5-4-6-8-34)28-57-35-12-9-31(10-13-35)50(66)62-20-17-30(18-21-62)25-61-26-33(27-61)32-11-14-36-39(23-32)60(2)59-49(36)63-22-19-42(64)58-51(63)67/h4-8,11,14-16,23-24,29-31,33,35,57H,9-10,12-13,17-22,25-28H2,1-3H3,(H2,56,65)(H,58,64,67)/t29-,31?,35?,52-/m0/s1. The Morgan fingerprint density at radius 2 is 1.71 bits per heavy atom. The summed E-state index contributed by atoms with van der Waals surface area (Å²) in [5.74, 6) is -1.63. The van der Waals surface area contributed by atoms with Crippen LogP contribution in [-0.4, -0.2) is 102 Å². The molecule has 4 aromatic carbocycles. The molecule has 5 aliphatic rings. The summed E-state index contributed by atoms with van der Waals surface area (Å²) in [6, 6.07) is 19.5. The largest absolute Gasteiger partial charge is 0.494 e. The van der Waals surface area contributed by atoms with Crippen LogP contribution < -0.4 is 30.7 Å². The molecule has 5 heterocycles. The summed E-state index contributed by atoms with van der Waals surface area (Å²) in [6.45, 7) is 7.07. The lowest BCUT2D eigenvalue weighted by molar-refractivity contribution is -0.138. The van der Waals surface area contributed by atoms with Gasteiger partial charge in [0.25, 0.3) is 0 Å². The Morgan fingerprint density at radius 3 is 2.41 bits per heavy atom. The van der Waals surface area contributed by atoms with Crippen molar-refractivity contribution in [2.24, 2.45) is 24.6 Å². The molecule has 69 heavy (non-hydrogen) atoms. The number of fused-ring (bicyclic) bond motifs is 2. The Morgan fingerprint density at radius 1 is 0.971 bits per heavy atom. The molecule has 2 atom stereocenters. The van der Waals surface area contributed by atoms with Gasteiger partial charge in [-0.3, -0.25) is 29.3 Å². The maximum absolute atomic E-state index is 16.2. The lowest BCUT2D eigenvalue weighted by Gasteiger charge is -2.43. The number of hydrogen-bond donors (Lipinski definition) is 3. The number of ether oxygens (including phenoxy) is 2. The molecule has 4 aliphatic heterocycles. The Kier molecular flexibility index (Phi) is 12.6. The molecule has 0 unspecified atom stereocenters. The molecule has 1 aliphatic carbocycles. The predicted molar refractivity (Wildman–Crippen MR) is 257 cm³/mol. The zero-order valence-corrected chi connectivity index (χ0v) is 39.8. The molecule has 0 radical (unpaired) electrons. The van der Waals surface area contributed by atoms with Gasteiger partial charge < -0.3 is 30.3 Å². The van der Waals surface area contributed by atoms with Crippen LogP contribution in [0.3, 0.4) is 0 Å². The first-order valence-electron chi connectivity index (χ1n) is 24.0. The first kappa shape index (κ1) is 46.6. The molecule has 362 valence electrons. The third-order valence-corrected chi connectivity index (χ3v) is 15.9. The van der Waals surface area contributed by atoms with Gasteiger partial charge in [0.15, 0.2) is 23.0 Å². The SMILES string of the molecule is COc1ccc(C(N)=O)c(-c2c(Cl)c(F)cc3c2[C@H](C)[C@@](CNC2CCC(C(=O)N4CCC(CN5CC(c6ccc7c(N8CCC(=O)NC8=O)nn(C)c7c6)C5)CC4)CC2)(c2ccccc2)O3)c1F. The molecular weight excluding hydrogens is 906 g/mol. The fourth-order valence-corrected chi connectivity index (χ4v) is 11.8. The number of imide groups is 1. The molecule has 0 bridgehead atoms. The van der Waals surface area contributed by atoms with E-state index in [4.69, 9.17) is 26.8 Å². The molecule has 17 heteroatoms. The molecule has 5 aromatic rings. The number of likely N-dealkylation sites (tertiary alicyclic amines) is 2. The van der Waals surface area contributed by atoms with Crippen molar-refractivity contribution in [2.45, 2.75) is 75.3 Å². The molecule has 3 saturated heterocycles. The van der Waals surface area contributed by atoms with Crippen LogP contribution in [0.15, 0.2) is 66.7 Å². The number of nitrogens with one attached hydrogen (secondary N) is 2. The molecule has 10 rings (SSSR count). The number of methoxy groups -OCH3 is 1. The summed E-state index contributed by atoms with van der Waals surface area (Å²) in [4.78, 5) is 57.0. The van der Waals surface area contributed by atoms with Crippen LogP contribution >= 0.6 is 11.6 Å². The van der Waals surface area contributed by atoms with E-state index < -0.39 is 35.1 Å². The topological polar surface area (TPSA) is 164 Å². The molecule has 14 nitrogen and oxygen atoms in total. The number of nitrogens with zero attached hydrogens (tertiary/aromatic N) is 5. The fraction of sp³-hybridized carbons (Fsp3) is 0.442. The van der Waals surface area contributed by atoms with E-state index in [9.17, 15) is 19.2 Å². The third kappa shape index (κ3) is 8.47. The zero-order valence-electron chi connectivity index (χ0n) is 39.0. The van der Waals surface area contributed by atoms with Gasteiger partial charge in [0.1, 0.15) is 11.6 Å². The van der Waals surface area contributed by atoms with E-state index in [1.807, 2.05) is 50.4 Å². The van der Waals surface area contributed by atoms with Crippen LogP contribution in [0, 0.1) is 23.5 Å². The van der Waals surface area contributed by atoms with E-state index >= 15 is 8.78 Å². The van der Waals surface area contributed by atoms with Gasteiger partial charge in [0.05, 0.1) is 23.2 Å². The summed E-state index contributed by atoms with van der Waals surface area (Å²) in [7, 11) is 3.18. The third-order valence-electron chi connectivity index (χ3n) is 15.5. The van der Waals surface area contributed by atoms with Crippen LogP contribution in [0.2, 0.25) is 5.02 Å². The van der Waals surface area contributed by atoms with Gasteiger partial charge >= 0.3 is 6.03 Å². The monoisotopic (exact) mass is 962 g/mol. The quantitative estimate of drug-likeness (QED) is 0.114. The molecular formula is C52H57ClF2N8O6. The van der Waals surface area contributed by atoms with Crippen molar-refractivity contribution >= 4 is 52.1 Å². The second kappa shape index (κ2) is 18.7. The number of urea groups is 1. The smallest absolute Gasteiger partial charge is 0.329 e. The number of aromatic nitrogens is 2. The van der Waals surface area contributed by atoms with Crippen LogP contribution in [0.25, 0.3) is 22.0 Å². The van der Waals surface area contributed by atoms with Gasteiger partial charge in [0, 0.05) is 111 Å². The van der Waals surface area contributed by atoms with E-state index in [2.05, 4.69) is 37.7 Å². The molecule has 4 fully saturated rings. The number of aryl methyl sites for hydroxylation is 1. The lowest BCUT2D eigenvalue weighted by Crippen LogP contribution is -2.50. The highest BCUT2D eigenvalue weighted by Crippen LogP contribution is 2.56. The number of rotatable bonds is 12. The van der Waals surface area contributed by atoms with Crippen molar-refractivity contribution in [3.63, 3.8) is 0 Å². The van der Waals surface area contributed by atoms with E-state index in [-0.39, 0.29) is 63.4 Å². The van der Waals surface area contributed by atoms with Gasteiger partial charge in [-0.25, -0.2) is 13.6 Å².